The molecule has 5 nitrogen and oxygen atoms in total. The van der Waals surface area contributed by atoms with Crippen molar-refractivity contribution in [2.45, 2.75) is 12.6 Å². The maximum atomic E-state index is 10.5. The molecule has 0 fully saturated rings. The third kappa shape index (κ3) is 1.38. The molecule has 0 saturated carbocycles. The fraction of sp³-hybridized carbons (Fsp3) is 0.222. The second kappa shape index (κ2) is 3.19. The summed E-state index contributed by atoms with van der Waals surface area (Å²) in [6, 6.07) is 7.13. The lowest BCUT2D eigenvalue weighted by molar-refractivity contribution is -0.137. The number of nitrogens with one attached hydrogen (secondary N) is 1. The number of carboxylic acid groups (broad SMARTS) is 1. The first kappa shape index (κ1) is 8.83. The van der Waals surface area contributed by atoms with Crippen LogP contribution in [0.1, 0.15) is 6.42 Å². The van der Waals surface area contributed by atoms with Gasteiger partial charge in [0.05, 0.1) is 17.8 Å². The van der Waals surface area contributed by atoms with Gasteiger partial charge < -0.3 is 10.4 Å². The number of fused-ring (bicyclic) bond motifs is 1. The van der Waals surface area contributed by atoms with E-state index in [1.807, 2.05) is 6.07 Å². The van der Waals surface area contributed by atoms with E-state index in [2.05, 4.69) is 5.32 Å². The molecule has 0 aromatic heterocycles. The highest BCUT2D eigenvalue weighted by atomic mass is 16.5. The highest BCUT2D eigenvalue weighted by Crippen LogP contribution is 2.33. The van der Waals surface area contributed by atoms with Gasteiger partial charge in [-0.2, -0.15) is 0 Å². The predicted molar refractivity (Wildman–Crippen MR) is 50.4 cm³/mol. The van der Waals surface area contributed by atoms with E-state index in [-0.39, 0.29) is 6.42 Å². The topological polar surface area (TPSA) is 72.8 Å². The number of benzene rings is 1. The molecule has 0 saturated heterocycles. The molecular weight excluding hydrogens is 184 g/mol. The van der Waals surface area contributed by atoms with Gasteiger partial charge in [-0.1, -0.05) is 12.1 Å². The van der Waals surface area contributed by atoms with Gasteiger partial charge in [-0.25, -0.2) is 5.06 Å². The SMILES string of the molecule is O=C(O)CC1Nc2ccccc2N1O. The molecule has 1 aliphatic rings. The molecule has 1 heterocycles. The summed E-state index contributed by atoms with van der Waals surface area (Å²) in [4.78, 5) is 10.5. The van der Waals surface area contributed by atoms with Crippen molar-refractivity contribution in [2.75, 3.05) is 10.4 Å². The van der Waals surface area contributed by atoms with Crippen LogP contribution in [0, 0.1) is 0 Å². The summed E-state index contributed by atoms with van der Waals surface area (Å²) in [7, 11) is 0. The highest BCUT2D eigenvalue weighted by Gasteiger charge is 2.28. The summed E-state index contributed by atoms with van der Waals surface area (Å²) < 4.78 is 0. The summed E-state index contributed by atoms with van der Waals surface area (Å²) >= 11 is 0. The fourth-order valence-corrected chi connectivity index (χ4v) is 1.51. The summed E-state index contributed by atoms with van der Waals surface area (Å²) in [6.45, 7) is 0. The molecule has 1 aromatic carbocycles. The lowest BCUT2D eigenvalue weighted by atomic mass is 10.3. The molecule has 1 atom stereocenters. The Balaban J connectivity index is 2.21. The smallest absolute Gasteiger partial charge is 0.307 e. The lowest BCUT2D eigenvalue weighted by Gasteiger charge is -2.17. The van der Waals surface area contributed by atoms with Crippen LogP contribution in [0.15, 0.2) is 24.3 Å². The predicted octanol–water partition coefficient (Wildman–Crippen LogP) is 1.11. The van der Waals surface area contributed by atoms with Gasteiger partial charge in [0.15, 0.2) is 0 Å². The minimum Gasteiger partial charge on any atom is -0.481 e. The van der Waals surface area contributed by atoms with Crippen molar-refractivity contribution in [3.63, 3.8) is 0 Å². The molecule has 0 bridgehead atoms. The largest absolute Gasteiger partial charge is 0.481 e. The van der Waals surface area contributed by atoms with Crippen LogP contribution in [0.3, 0.4) is 0 Å². The number of rotatable bonds is 2. The molecule has 1 aromatic rings. The number of carboxylic acids is 1. The number of hydroxylamine groups is 1. The van der Waals surface area contributed by atoms with Crippen LogP contribution in [0.25, 0.3) is 0 Å². The summed E-state index contributed by atoms with van der Waals surface area (Å²) in [5, 5.41) is 22.0. The van der Waals surface area contributed by atoms with Crippen LogP contribution in [0.5, 0.6) is 0 Å². The van der Waals surface area contributed by atoms with E-state index in [9.17, 15) is 10.0 Å². The van der Waals surface area contributed by atoms with Crippen molar-refractivity contribution in [2.24, 2.45) is 0 Å². The number of anilines is 2. The summed E-state index contributed by atoms with van der Waals surface area (Å²) in [5.41, 5.74) is 1.36. The molecule has 0 amide bonds. The molecule has 0 spiro atoms. The van der Waals surface area contributed by atoms with Gasteiger partial charge in [0.1, 0.15) is 6.17 Å². The van der Waals surface area contributed by atoms with Crippen LogP contribution in [-0.2, 0) is 4.79 Å². The molecule has 0 aliphatic carbocycles. The second-order valence-corrected chi connectivity index (χ2v) is 3.12. The first-order valence-corrected chi connectivity index (χ1v) is 4.24. The molecule has 1 unspecified atom stereocenters. The Morgan fingerprint density at radius 1 is 1.50 bits per heavy atom. The number of hydrogen-bond acceptors (Lipinski definition) is 4. The van der Waals surface area contributed by atoms with Crippen molar-refractivity contribution in [3.8, 4) is 0 Å². The maximum Gasteiger partial charge on any atom is 0.307 e. The Morgan fingerprint density at radius 2 is 2.21 bits per heavy atom. The van der Waals surface area contributed by atoms with Gasteiger partial charge >= 0.3 is 5.97 Å². The molecule has 74 valence electrons. The second-order valence-electron chi connectivity index (χ2n) is 3.12. The Bertz CT molecular complexity index is 367. The minimum absolute atomic E-state index is 0.148. The zero-order chi connectivity index (χ0) is 10.1. The van der Waals surface area contributed by atoms with Gasteiger partial charge in [-0.3, -0.25) is 10.0 Å². The molecule has 14 heavy (non-hydrogen) atoms. The van der Waals surface area contributed by atoms with Crippen LogP contribution < -0.4 is 10.4 Å². The van der Waals surface area contributed by atoms with Gasteiger partial charge in [0, 0.05) is 0 Å². The molecular formula is C9H10N2O3. The standard InChI is InChI=1S/C9H10N2O3/c12-9(13)5-8-10-6-3-1-2-4-7(6)11(8)14/h1-4,8,10,14H,5H2,(H,12,13). The summed E-state index contributed by atoms with van der Waals surface area (Å²) in [6.07, 6.45) is -0.726. The molecule has 3 N–H and O–H groups in total. The van der Waals surface area contributed by atoms with Crippen LogP contribution >= 0.6 is 0 Å². The Hall–Kier alpha value is -1.75. The van der Waals surface area contributed by atoms with E-state index >= 15 is 0 Å². The number of aliphatic carboxylic acids is 1. The quantitative estimate of drug-likeness (QED) is 0.657. The van der Waals surface area contributed by atoms with Crippen molar-refractivity contribution in [3.05, 3.63) is 24.3 Å². The van der Waals surface area contributed by atoms with E-state index in [1.165, 1.54) is 0 Å². The van der Waals surface area contributed by atoms with Gasteiger partial charge in [-0.05, 0) is 12.1 Å². The van der Waals surface area contributed by atoms with Crippen molar-refractivity contribution in [1.29, 1.82) is 0 Å². The zero-order valence-corrected chi connectivity index (χ0v) is 7.34. The number of hydrogen-bond donors (Lipinski definition) is 3. The summed E-state index contributed by atoms with van der Waals surface area (Å²) in [5.74, 6) is -0.950. The van der Waals surface area contributed by atoms with Crippen LogP contribution in [0.4, 0.5) is 11.4 Å². The van der Waals surface area contributed by atoms with Crippen molar-refractivity contribution < 1.29 is 15.1 Å². The fourth-order valence-electron chi connectivity index (χ4n) is 1.51. The monoisotopic (exact) mass is 194 g/mol. The zero-order valence-electron chi connectivity index (χ0n) is 7.34. The number of para-hydroxylation sites is 2. The molecule has 0 radical (unpaired) electrons. The minimum atomic E-state index is -0.950. The van der Waals surface area contributed by atoms with Gasteiger partial charge in [0.2, 0.25) is 0 Å². The third-order valence-electron chi connectivity index (χ3n) is 2.14. The van der Waals surface area contributed by atoms with E-state index in [1.54, 1.807) is 18.2 Å². The van der Waals surface area contributed by atoms with Crippen LogP contribution in [-0.4, -0.2) is 22.4 Å². The van der Waals surface area contributed by atoms with Crippen LogP contribution in [0.2, 0.25) is 0 Å². The van der Waals surface area contributed by atoms with E-state index in [0.717, 1.165) is 10.8 Å². The molecule has 1 aliphatic heterocycles. The first-order valence-electron chi connectivity index (χ1n) is 4.24. The van der Waals surface area contributed by atoms with Crippen molar-refractivity contribution >= 4 is 17.3 Å². The van der Waals surface area contributed by atoms with Gasteiger partial charge in [-0.15, -0.1) is 0 Å². The highest BCUT2D eigenvalue weighted by molar-refractivity contribution is 5.77. The van der Waals surface area contributed by atoms with E-state index < -0.39 is 12.1 Å². The molecule has 2 rings (SSSR count). The maximum absolute atomic E-state index is 10.5. The third-order valence-corrected chi connectivity index (χ3v) is 2.14. The number of carbonyl (C=O) groups is 1. The Kier molecular flexibility index (Phi) is 2.01. The van der Waals surface area contributed by atoms with E-state index in [4.69, 9.17) is 5.11 Å². The Morgan fingerprint density at radius 3 is 2.86 bits per heavy atom. The van der Waals surface area contributed by atoms with Gasteiger partial charge in [0.25, 0.3) is 0 Å². The van der Waals surface area contributed by atoms with E-state index in [0.29, 0.717) is 5.69 Å². The first-order chi connectivity index (χ1) is 6.68. The average molecular weight is 194 g/mol. The average Bonchev–Trinajstić information content (AvgIpc) is 2.44. The van der Waals surface area contributed by atoms with Crippen molar-refractivity contribution in [1.82, 2.24) is 0 Å². The molecule has 5 heteroatoms. The lowest BCUT2D eigenvalue weighted by Crippen LogP contribution is -2.34. The Labute approximate surface area is 80.5 Å². The normalized spacial score (nSPS) is 18.9. The number of nitrogens with zero attached hydrogens (tertiary/aromatic N) is 1.